The monoisotopic (exact) mass is 651 g/mol. The summed E-state index contributed by atoms with van der Waals surface area (Å²) in [5.74, 6) is 1.87. The Balaban J connectivity index is 1.14. The predicted molar refractivity (Wildman–Crippen MR) is 209 cm³/mol. The van der Waals surface area contributed by atoms with Crippen molar-refractivity contribution in [2.75, 3.05) is 0 Å². The molecule has 10 rings (SSSR count). The van der Waals surface area contributed by atoms with E-state index < -0.39 is 0 Å². The van der Waals surface area contributed by atoms with E-state index in [1.165, 1.54) is 11.1 Å². The van der Waals surface area contributed by atoms with Crippen LogP contribution < -0.4 is 0 Å². The van der Waals surface area contributed by atoms with Crippen molar-refractivity contribution in [2.45, 2.75) is 0 Å². The molecule has 0 spiro atoms. The van der Waals surface area contributed by atoms with E-state index in [9.17, 15) is 0 Å². The summed E-state index contributed by atoms with van der Waals surface area (Å²) in [6.07, 6.45) is 0. The Morgan fingerprint density at radius 2 is 0.843 bits per heavy atom. The number of benzene rings is 8. The van der Waals surface area contributed by atoms with E-state index in [-0.39, 0.29) is 0 Å². The second kappa shape index (κ2) is 11.9. The molecule has 0 fully saturated rings. The highest BCUT2D eigenvalue weighted by Crippen LogP contribution is 2.42. The van der Waals surface area contributed by atoms with Crippen LogP contribution in [0.5, 0.6) is 0 Å². The SMILES string of the molecule is c1ccc(-c2ccc3cc(-c4nc(-c5ccccc5)nc(-c5ccc6oc7c(-c8ccccc8)c8ccccc8cc7c6c5)n4)ccc3c2)cc1. The van der Waals surface area contributed by atoms with Gasteiger partial charge in [0.15, 0.2) is 17.5 Å². The van der Waals surface area contributed by atoms with Crippen molar-refractivity contribution < 1.29 is 4.42 Å². The normalized spacial score (nSPS) is 11.5. The fourth-order valence-corrected chi connectivity index (χ4v) is 7.15. The van der Waals surface area contributed by atoms with Crippen molar-refractivity contribution in [1.29, 1.82) is 0 Å². The minimum atomic E-state index is 0.610. The fourth-order valence-electron chi connectivity index (χ4n) is 7.15. The highest BCUT2D eigenvalue weighted by Gasteiger charge is 2.19. The lowest BCUT2D eigenvalue weighted by Gasteiger charge is -2.10. The van der Waals surface area contributed by atoms with E-state index in [2.05, 4.69) is 121 Å². The lowest BCUT2D eigenvalue weighted by molar-refractivity contribution is 0.670. The highest BCUT2D eigenvalue weighted by atomic mass is 16.3. The summed E-state index contributed by atoms with van der Waals surface area (Å²) in [5, 5.41) is 6.70. The van der Waals surface area contributed by atoms with Crippen molar-refractivity contribution in [3.8, 4) is 56.4 Å². The molecule has 0 aliphatic carbocycles. The molecule has 0 aliphatic heterocycles. The first-order valence-electron chi connectivity index (χ1n) is 17.1. The van der Waals surface area contributed by atoms with Gasteiger partial charge in [0.05, 0.1) is 0 Å². The molecule has 0 aliphatic rings. The number of hydrogen-bond donors (Lipinski definition) is 0. The molecule has 0 saturated carbocycles. The molecule has 238 valence electrons. The summed E-state index contributed by atoms with van der Waals surface area (Å²) in [4.78, 5) is 15.2. The third kappa shape index (κ3) is 5.13. The Morgan fingerprint density at radius 1 is 0.314 bits per heavy atom. The van der Waals surface area contributed by atoms with Crippen molar-refractivity contribution in [2.24, 2.45) is 0 Å². The predicted octanol–water partition coefficient (Wildman–Crippen LogP) is 12.4. The average molecular weight is 652 g/mol. The second-order valence-corrected chi connectivity index (χ2v) is 12.8. The minimum Gasteiger partial charge on any atom is -0.455 e. The summed E-state index contributed by atoms with van der Waals surface area (Å²) in [6, 6.07) is 61.0. The van der Waals surface area contributed by atoms with Crippen LogP contribution in [0.25, 0.3) is 99.9 Å². The maximum absolute atomic E-state index is 6.65. The van der Waals surface area contributed by atoms with Gasteiger partial charge in [-0.25, -0.2) is 15.0 Å². The molecular formula is C47H29N3O. The van der Waals surface area contributed by atoms with Crippen LogP contribution in [0.3, 0.4) is 0 Å². The maximum atomic E-state index is 6.65. The van der Waals surface area contributed by atoms with Gasteiger partial charge in [-0.05, 0) is 74.6 Å². The van der Waals surface area contributed by atoms with E-state index in [1.54, 1.807) is 0 Å². The molecule has 10 aromatic rings. The largest absolute Gasteiger partial charge is 0.455 e. The minimum absolute atomic E-state index is 0.610. The van der Waals surface area contributed by atoms with E-state index in [0.29, 0.717) is 17.5 Å². The molecule has 0 unspecified atom stereocenters. The Bertz CT molecular complexity index is 2900. The molecular weight excluding hydrogens is 623 g/mol. The first-order valence-corrected chi connectivity index (χ1v) is 17.1. The van der Waals surface area contributed by atoms with Gasteiger partial charge in [-0.2, -0.15) is 0 Å². The van der Waals surface area contributed by atoms with Gasteiger partial charge in [0.1, 0.15) is 11.2 Å². The Hall–Kier alpha value is -6.91. The van der Waals surface area contributed by atoms with E-state index in [4.69, 9.17) is 19.4 Å². The summed E-state index contributed by atoms with van der Waals surface area (Å²) < 4.78 is 6.65. The Kier molecular flexibility index (Phi) is 6.78. The van der Waals surface area contributed by atoms with Gasteiger partial charge in [0, 0.05) is 33.0 Å². The third-order valence-electron chi connectivity index (χ3n) is 9.68. The molecule has 0 radical (unpaired) electrons. The molecule has 4 nitrogen and oxygen atoms in total. The number of hydrogen-bond acceptors (Lipinski definition) is 4. The van der Waals surface area contributed by atoms with Crippen LogP contribution in [-0.2, 0) is 0 Å². The van der Waals surface area contributed by atoms with Gasteiger partial charge >= 0.3 is 0 Å². The van der Waals surface area contributed by atoms with Gasteiger partial charge in [-0.1, -0.05) is 140 Å². The zero-order valence-corrected chi connectivity index (χ0v) is 27.5. The van der Waals surface area contributed by atoms with Crippen molar-refractivity contribution >= 4 is 43.5 Å². The molecule has 4 heteroatoms. The second-order valence-electron chi connectivity index (χ2n) is 12.8. The lowest BCUT2D eigenvalue weighted by atomic mass is 9.95. The van der Waals surface area contributed by atoms with Crippen LogP contribution in [0.15, 0.2) is 180 Å². The fraction of sp³-hybridized carbons (Fsp3) is 0. The smallest absolute Gasteiger partial charge is 0.164 e. The summed E-state index contributed by atoms with van der Waals surface area (Å²) in [6.45, 7) is 0. The summed E-state index contributed by atoms with van der Waals surface area (Å²) >= 11 is 0. The molecule has 0 amide bonds. The van der Waals surface area contributed by atoms with Crippen molar-refractivity contribution in [3.05, 3.63) is 176 Å². The molecule has 0 atom stereocenters. The average Bonchev–Trinajstić information content (AvgIpc) is 3.57. The number of furan rings is 1. The lowest BCUT2D eigenvalue weighted by Crippen LogP contribution is -2.00. The van der Waals surface area contributed by atoms with Gasteiger partial charge in [-0.15, -0.1) is 0 Å². The Morgan fingerprint density at radius 3 is 1.55 bits per heavy atom. The van der Waals surface area contributed by atoms with E-state index >= 15 is 0 Å². The Labute approximate surface area is 294 Å². The molecule has 0 bridgehead atoms. The number of rotatable bonds is 5. The number of fused-ring (bicyclic) bond motifs is 5. The first-order chi connectivity index (χ1) is 25.2. The standard InChI is InChI=1S/C47H29N3O/c1-4-12-30(13-5-1)33-20-21-35-27-37(23-22-34(35)26-33)46-48-45(32-16-8-3-9-17-32)49-47(50-46)38-24-25-42-40(29-38)41-28-36-18-10-11-19-39(36)43(44(41)51-42)31-14-6-2-7-15-31/h1-29H. The van der Waals surface area contributed by atoms with Gasteiger partial charge in [0.25, 0.3) is 0 Å². The molecule has 2 heterocycles. The van der Waals surface area contributed by atoms with Crippen molar-refractivity contribution in [3.63, 3.8) is 0 Å². The zero-order chi connectivity index (χ0) is 33.7. The van der Waals surface area contributed by atoms with Gasteiger partial charge in [-0.3, -0.25) is 0 Å². The summed E-state index contributed by atoms with van der Waals surface area (Å²) in [7, 11) is 0. The number of nitrogens with zero attached hydrogens (tertiary/aromatic N) is 3. The van der Waals surface area contributed by atoms with E-state index in [0.717, 1.165) is 71.3 Å². The summed E-state index contributed by atoms with van der Waals surface area (Å²) in [5.41, 5.74) is 9.08. The molecule has 2 aromatic heterocycles. The van der Waals surface area contributed by atoms with Gasteiger partial charge < -0.3 is 4.42 Å². The highest BCUT2D eigenvalue weighted by molar-refractivity contribution is 6.18. The molecule has 51 heavy (non-hydrogen) atoms. The van der Waals surface area contributed by atoms with Crippen LogP contribution in [0.4, 0.5) is 0 Å². The molecule has 8 aromatic carbocycles. The van der Waals surface area contributed by atoms with Crippen LogP contribution in [-0.4, -0.2) is 15.0 Å². The van der Waals surface area contributed by atoms with E-state index in [1.807, 2.05) is 54.6 Å². The third-order valence-corrected chi connectivity index (χ3v) is 9.68. The zero-order valence-electron chi connectivity index (χ0n) is 27.5. The van der Waals surface area contributed by atoms with Gasteiger partial charge in [0.2, 0.25) is 0 Å². The molecule has 0 N–H and O–H groups in total. The van der Waals surface area contributed by atoms with Crippen LogP contribution >= 0.6 is 0 Å². The maximum Gasteiger partial charge on any atom is 0.164 e. The van der Waals surface area contributed by atoms with Crippen LogP contribution in [0.1, 0.15) is 0 Å². The van der Waals surface area contributed by atoms with Crippen molar-refractivity contribution in [1.82, 2.24) is 15.0 Å². The molecule has 0 saturated heterocycles. The van der Waals surface area contributed by atoms with Crippen LogP contribution in [0, 0.1) is 0 Å². The number of aromatic nitrogens is 3. The first kappa shape index (κ1) is 29.0. The van der Waals surface area contributed by atoms with Crippen LogP contribution in [0.2, 0.25) is 0 Å². The topological polar surface area (TPSA) is 51.8 Å². The quantitative estimate of drug-likeness (QED) is 0.186.